The fourth-order valence-corrected chi connectivity index (χ4v) is 3.62. The van der Waals surface area contributed by atoms with Gasteiger partial charge >= 0.3 is 0 Å². The maximum absolute atomic E-state index is 11.7. The normalized spacial score (nSPS) is 16.2. The molecule has 0 fully saturated rings. The van der Waals surface area contributed by atoms with Crippen LogP contribution in [0.4, 0.5) is 0 Å². The molecule has 3 unspecified atom stereocenters. The number of rotatable bonds is 18. The first-order chi connectivity index (χ1) is 12.3. The van der Waals surface area contributed by atoms with Crippen molar-refractivity contribution in [2.75, 3.05) is 0 Å². The summed E-state index contributed by atoms with van der Waals surface area (Å²) in [6.45, 7) is 5.96. The minimum absolute atomic E-state index is 0.244. The van der Waals surface area contributed by atoms with Crippen LogP contribution in [-0.4, -0.2) is 17.5 Å². The number of nitrogens with two attached hydrogens (primary N) is 3. The molecule has 4 heteroatoms. The molecule has 0 rings (SSSR count). The molecule has 0 bridgehead atoms. The smallest absolute Gasteiger partial charge is 0.222 e. The van der Waals surface area contributed by atoms with Gasteiger partial charge < -0.3 is 17.2 Å². The lowest BCUT2D eigenvalue weighted by molar-refractivity contribution is -0.124. The molecule has 0 radical (unpaired) electrons. The standard InChI is InChI=1S/C22H47N3O/c1-4-5-6-7-8-9-10-11-12-13-14-15-16-17-18-20(21(24)26)22(3,25)19(2)23/h19-20H,4-18,23,25H2,1-3H3,(H2,24,26). The summed E-state index contributed by atoms with van der Waals surface area (Å²) in [6.07, 6.45) is 19.3. The minimum atomic E-state index is -0.720. The van der Waals surface area contributed by atoms with Gasteiger partial charge in [-0.1, -0.05) is 96.8 Å². The summed E-state index contributed by atoms with van der Waals surface area (Å²) in [6, 6.07) is -0.244. The van der Waals surface area contributed by atoms with Gasteiger partial charge in [0.05, 0.1) is 5.92 Å². The van der Waals surface area contributed by atoms with E-state index in [1.807, 2.05) is 13.8 Å². The van der Waals surface area contributed by atoms with Gasteiger partial charge in [0.2, 0.25) is 5.91 Å². The van der Waals surface area contributed by atoms with Crippen LogP contribution in [0, 0.1) is 5.92 Å². The Morgan fingerprint density at radius 3 is 1.46 bits per heavy atom. The van der Waals surface area contributed by atoms with Crippen LogP contribution in [-0.2, 0) is 4.79 Å². The highest BCUT2D eigenvalue weighted by Gasteiger charge is 2.36. The number of carbonyl (C=O) groups excluding carboxylic acids is 1. The van der Waals surface area contributed by atoms with E-state index in [-0.39, 0.29) is 17.9 Å². The van der Waals surface area contributed by atoms with Crippen molar-refractivity contribution < 1.29 is 4.79 Å². The number of unbranched alkanes of at least 4 members (excludes halogenated alkanes) is 13. The Kier molecular flexibility index (Phi) is 15.1. The predicted octanol–water partition coefficient (Wildman–Crippen LogP) is 5.02. The highest BCUT2D eigenvalue weighted by Crippen LogP contribution is 2.24. The van der Waals surface area contributed by atoms with Crippen molar-refractivity contribution in [1.29, 1.82) is 0 Å². The summed E-state index contributed by atoms with van der Waals surface area (Å²) in [5.41, 5.74) is 17.0. The van der Waals surface area contributed by atoms with Gasteiger partial charge in [-0.2, -0.15) is 0 Å². The zero-order valence-electron chi connectivity index (χ0n) is 17.9. The molecule has 156 valence electrons. The zero-order chi connectivity index (χ0) is 19.8. The highest BCUT2D eigenvalue weighted by molar-refractivity contribution is 5.78. The van der Waals surface area contributed by atoms with Crippen LogP contribution < -0.4 is 17.2 Å². The van der Waals surface area contributed by atoms with Gasteiger partial charge in [0.25, 0.3) is 0 Å². The maximum atomic E-state index is 11.7. The van der Waals surface area contributed by atoms with Gasteiger partial charge in [-0.05, 0) is 20.3 Å². The molecule has 0 aromatic carbocycles. The second-order valence-corrected chi connectivity index (χ2v) is 8.49. The van der Waals surface area contributed by atoms with E-state index >= 15 is 0 Å². The van der Waals surface area contributed by atoms with E-state index in [1.165, 1.54) is 77.0 Å². The predicted molar refractivity (Wildman–Crippen MR) is 114 cm³/mol. The fourth-order valence-electron chi connectivity index (χ4n) is 3.62. The molecule has 6 N–H and O–H groups in total. The Bertz CT molecular complexity index is 342. The summed E-state index contributed by atoms with van der Waals surface area (Å²) in [5.74, 6) is -0.651. The molecule has 0 aliphatic carbocycles. The lowest BCUT2D eigenvalue weighted by atomic mass is 9.78. The van der Waals surface area contributed by atoms with Crippen molar-refractivity contribution in [3.05, 3.63) is 0 Å². The van der Waals surface area contributed by atoms with Crippen LogP contribution in [0.1, 0.15) is 117 Å². The lowest BCUT2D eigenvalue weighted by Crippen LogP contribution is -2.59. The zero-order valence-corrected chi connectivity index (χ0v) is 17.9. The summed E-state index contributed by atoms with van der Waals surface area (Å²) in [5, 5.41) is 0. The maximum Gasteiger partial charge on any atom is 0.222 e. The average Bonchev–Trinajstić information content (AvgIpc) is 2.57. The van der Waals surface area contributed by atoms with Crippen molar-refractivity contribution >= 4 is 5.91 Å². The summed E-state index contributed by atoms with van der Waals surface area (Å²) < 4.78 is 0. The molecule has 0 aromatic rings. The molecule has 0 spiro atoms. The van der Waals surface area contributed by atoms with Gasteiger partial charge in [-0.15, -0.1) is 0 Å². The number of hydrogen-bond acceptors (Lipinski definition) is 3. The third-order valence-electron chi connectivity index (χ3n) is 5.92. The molecule has 0 aliphatic heterocycles. The average molecular weight is 370 g/mol. The largest absolute Gasteiger partial charge is 0.369 e. The quantitative estimate of drug-likeness (QED) is 0.296. The molecule has 26 heavy (non-hydrogen) atoms. The van der Waals surface area contributed by atoms with Crippen molar-refractivity contribution in [2.45, 2.75) is 129 Å². The van der Waals surface area contributed by atoms with Crippen molar-refractivity contribution in [1.82, 2.24) is 0 Å². The van der Waals surface area contributed by atoms with Crippen LogP contribution >= 0.6 is 0 Å². The van der Waals surface area contributed by atoms with Crippen LogP contribution in [0.15, 0.2) is 0 Å². The Balaban J connectivity index is 3.56. The molecular weight excluding hydrogens is 322 g/mol. The third kappa shape index (κ3) is 11.9. The van der Waals surface area contributed by atoms with Crippen LogP contribution in [0.5, 0.6) is 0 Å². The van der Waals surface area contributed by atoms with Crippen molar-refractivity contribution in [3.8, 4) is 0 Å². The number of carbonyl (C=O) groups is 1. The Hall–Kier alpha value is -0.610. The van der Waals surface area contributed by atoms with E-state index < -0.39 is 5.54 Å². The number of hydrogen-bond donors (Lipinski definition) is 3. The first kappa shape index (κ1) is 25.4. The lowest BCUT2D eigenvalue weighted by Gasteiger charge is -2.35. The summed E-state index contributed by atoms with van der Waals surface area (Å²) in [4.78, 5) is 11.7. The van der Waals surface area contributed by atoms with E-state index in [9.17, 15) is 4.79 Å². The fraction of sp³-hybridized carbons (Fsp3) is 0.955. The van der Waals surface area contributed by atoms with E-state index in [0.717, 1.165) is 19.3 Å². The summed E-state index contributed by atoms with van der Waals surface area (Å²) >= 11 is 0. The molecular formula is C22H47N3O. The molecule has 0 saturated carbocycles. The van der Waals surface area contributed by atoms with Crippen molar-refractivity contribution in [2.24, 2.45) is 23.1 Å². The Morgan fingerprint density at radius 2 is 1.15 bits per heavy atom. The molecule has 0 heterocycles. The number of amides is 1. The van der Waals surface area contributed by atoms with E-state index in [1.54, 1.807) is 0 Å². The second-order valence-electron chi connectivity index (χ2n) is 8.49. The van der Waals surface area contributed by atoms with Crippen molar-refractivity contribution in [3.63, 3.8) is 0 Å². The molecule has 0 saturated heterocycles. The van der Waals surface area contributed by atoms with Gasteiger partial charge in [0, 0.05) is 11.6 Å². The van der Waals surface area contributed by atoms with Gasteiger partial charge in [0.15, 0.2) is 0 Å². The van der Waals surface area contributed by atoms with Gasteiger partial charge in [0.1, 0.15) is 0 Å². The van der Waals surface area contributed by atoms with E-state index in [4.69, 9.17) is 17.2 Å². The topological polar surface area (TPSA) is 95.1 Å². The Morgan fingerprint density at radius 1 is 0.808 bits per heavy atom. The molecule has 3 atom stereocenters. The molecule has 0 aliphatic rings. The van der Waals surface area contributed by atoms with Crippen LogP contribution in [0.3, 0.4) is 0 Å². The van der Waals surface area contributed by atoms with Gasteiger partial charge in [-0.25, -0.2) is 0 Å². The van der Waals surface area contributed by atoms with Crippen LogP contribution in [0.2, 0.25) is 0 Å². The third-order valence-corrected chi connectivity index (χ3v) is 5.92. The first-order valence-electron chi connectivity index (χ1n) is 11.2. The molecule has 0 aromatic heterocycles. The Labute approximate surface area is 163 Å². The van der Waals surface area contributed by atoms with Crippen LogP contribution in [0.25, 0.3) is 0 Å². The summed E-state index contributed by atoms with van der Waals surface area (Å²) in [7, 11) is 0. The highest BCUT2D eigenvalue weighted by atomic mass is 16.1. The number of primary amides is 1. The van der Waals surface area contributed by atoms with E-state index in [0.29, 0.717) is 0 Å². The second kappa shape index (κ2) is 15.4. The molecule has 1 amide bonds. The molecule has 4 nitrogen and oxygen atoms in total. The van der Waals surface area contributed by atoms with Gasteiger partial charge in [-0.3, -0.25) is 4.79 Å². The van der Waals surface area contributed by atoms with E-state index in [2.05, 4.69) is 6.92 Å². The monoisotopic (exact) mass is 369 g/mol. The minimum Gasteiger partial charge on any atom is -0.369 e. The first-order valence-corrected chi connectivity index (χ1v) is 11.2. The SMILES string of the molecule is CCCCCCCCCCCCCCCCC(C(N)=O)C(C)(N)C(C)N.